The molecule has 2 N–H and O–H groups in total. The van der Waals surface area contributed by atoms with Crippen molar-refractivity contribution in [3.63, 3.8) is 0 Å². The lowest BCUT2D eigenvalue weighted by atomic mass is 9.76. The van der Waals surface area contributed by atoms with Crippen molar-refractivity contribution in [2.24, 2.45) is 0 Å². The molecule has 0 amide bonds. The number of hydrogen-bond donors (Lipinski definition) is 2. The van der Waals surface area contributed by atoms with Crippen LogP contribution in [0.1, 0.15) is 11.0 Å². The molecule has 0 aliphatic rings. The molecule has 0 saturated heterocycles. The van der Waals surface area contributed by atoms with Crippen LogP contribution < -0.4 is 5.46 Å². The summed E-state index contributed by atoms with van der Waals surface area (Å²) >= 11 is 14.4. The molecule has 0 bridgehead atoms. The van der Waals surface area contributed by atoms with Gasteiger partial charge in [-0.15, -0.1) is 0 Å². The van der Waals surface area contributed by atoms with Crippen LogP contribution in [0.5, 0.6) is 0 Å². The van der Waals surface area contributed by atoms with Crippen LogP contribution in [0.2, 0.25) is 10.0 Å². The molecule has 0 saturated carbocycles. The van der Waals surface area contributed by atoms with E-state index in [-0.39, 0.29) is 68.4 Å². The molecule has 0 aromatic heterocycles. The fourth-order valence-electron chi connectivity index (χ4n) is 5.27. The Hall–Kier alpha value is -4.16. The number of hydrogen-bond acceptors (Lipinski definition) is 2. The summed E-state index contributed by atoms with van der Waals surface area (Å²) in [5.74, 6) is 0. The molecule has 0 radical (unpaired) electrons. The summed E-state index contributed by atoms with van der Waals surface area (Å²) < 4.78 is 62.0. The molecule has 0 unspecified atom stereocenters. The largest absolute Gasteiger partial charge is 0.489 e. The second kappa shape index (κ2) is 14.5. The summed E-state index contributed by atoms with van der Waals surface area (Å²) in [4.78, 5) is 0. The molecule has 0 aliphatic heterocycles. The molecule has 0 atom stereocenters. The molecule has 0 aliphatic carbocycles. The molecule has 0 heterocycles. The van der Waals surface area contributed by atoms with E-state index in [1.165, 1.54) is 0 Å². The average molecular weight is 710 g/mol. The van der Waals surface area contributed by atoms with Crippen molar-refractivity contribution >= 4 is 94.8 Å². The van der Waals surface area contributed by atoms with Gasteiger partial charge in [0, 0.05) is 14.5 Å². The highest BCUT2D eigenvalue weighted by molar-refractivity contribution is 9.10. The van der Waals surface area contributed by atoms with Gasteiger partial charge in [0.1, 0.15) is 0 Å². The fourth-order valence-corrected chi connectivity index (χ4v) is 5.66. The molecule has 8 aromatic rings. The monoisotopic (exact) mass is 708 g/mol. The van der Waals surface area contributed by atoms with Crippen LogP contribution >= 0.6 is 39.1 Å². The zero-order chi connectivity index (χ0) is 39.0. The first-order chi connectivity index (χ1) is 25.7. The zero-order valence-electron chi connectivity index (χ0n) is 32.0. The van der Waals surface area contributed by atoms with Crippen LogP contribution in [-0.2, 0) is 0 Å². The van der Waals surface area contributed by atoms with Crippen molar-refractivity contribution in [3.8, 4) is 11.1 Å². The van der Waals surface area contributed by atoms with Gasteiger partial charge in [-0.1, -0.05) is 154 Å². The highest BCUT2D eigenvalue weighted by Crippen LogP contribution is 2.35. The van der Waals surface area contributed by atoms with Crippen molar-refractivity contribution in [3.05, 3.63) is 172 Å². The van der Waals surface area contributed by atoms with Gasteiger partial charge in [0.05, 0.1) is 11.0 Å². The number of benzene rings is 8. The predicted molar refractivity (Wildman–Crippen MR) is 202 cm³/mol. The minimum absolute atomic E-state index is 0.119. The summed E-state index contributed by atoms with van der Waals surface area (Å²) in [7, 11) is -1.44. The van der Waals surface area contributed by atoms with E-state index in [1.807, 2.05) is 109 Å². The summed E-state index contributed by atoms with van der Waals surface area (Å²) in [6.45, 7) is 0. The van der Waals surface area contributed by atoms with E-state index in [4.69, 9.17) is 34.2 Å². The number of fused-ring (bicyclic) bond motifs is 6. The minimum atomic E-state index is -1.44. The minimum Gasteiger partial charge on any atom is -0.423 e. The van der Waals surface area contributed by atoms with E-state index in [1.54, 1.807) is 0 Å². The topological polar surface area (TPSA) is 40.5 Å². The first-order valence-corrected chi connectivity index (χ1v) is 15.6. The van der Waals surface area contributed by atoms with Gasteiger partial charge in [-0.25, -0.2) is 0 Å². The Balaban J connectivity index is 0.000000149. The first-order valence-electron chi connectivity index (χ1n) is 18.1. The smallest absolute Gasteiger partial charge is 0.423 e. The van der Waals surface area contributed by atoms with Crippen LogP contribution in [0, 0.1) is 0 Å². The van der Waals surface area contributed by atoms with Crippen LogP contribution in [0.15, 0.2) is 162 Å². The Morgan fingerprint density at radius 3 is 1.46 bits per heavy atom. The molecular weight excluding hydrogens is 674 g/mol. The van der Waals surface area contributed by atoms with Gasteiger partial charge in [-0.3, -0.25) is 0 Å². The normalized spacial score (nSPS) is 13.2. The summed E-state index contributed by atoms with van der Waals surface area (Å²) in [5.41, 5.74) is 1.52. The average Bonchev–Trinajstić information content (AvgIpc) is 3.20. The second-order valence-corrected chi connectivity index (χ2v) is 11.7. The maximum atomic E-state index is 9.44. The summed E-state index contributed by atoms with van der Waals surface area (Å²) in [6.07, 6.45) is 0. The number of halogens is 3. The van der Waals surface area contributed by atoms with Crippen molar-refractivity contribution in [1.29, 1.82) is 0 Å². The zero-order valence-corrected chi connectivity index (χ0v) is 27.1. The van der Waals surface area contributed by atoms with E-state index in [2.05, 4.69) is 15.9 Å². The molecule has 8 aromatic carbocycles. The maximum Gasteiger partial charge on any atom is 0.489 e. The molecular formula is C40H28BBrCl2O2. The fraction of sp³-hybridized carbons (Fsp3) is 0. The SMILES string of the molecule is OB(O)c1cc2ccccc2c2ccccc12.[2H]c1c([2H])c(-c2cc3ccccc3c3ccccc23)c([2H])c([2H])c1Cl.[2H]c1c([2H])c(Br)c([2H])c([2H])c1Cl. The second-order valence-electron chi connectivity index (χ2n) is 10.1. The van der Waals surface area contributed by atoms with Gasteiger partial charge in [-0.05, 0) is 102 Å². The molecule has 0 fully saturated rings. The Morgan fingerprint density at radius 2 is 0.913 bits per heavy atom. The Bertz CT molecular complexity index is 2620. The quantitative estimate of drug-likeness (QED) is 0.139. The van der Waals surface area contributed by atoms with E-state index >= 15 is 0 Å². The van der Waals surface area contributed by atoms with Gasteiger partial charge in [0.2, 0.25) is 0 Å². The standard InChI is InChI=1S/C20H13Cl.C14H11BO2.C6H4BrCl/c21-16-11-9-14(10-12-16)20-13-15-5-1-2-6-17(15)18-7-3-4-8-19(18)20;16-15(17)14-9-10-5-1-2-6-11(10)12-7-3-4-8-13(12)14;7-5-1-3-6(8)4-2-5/h1-13H;1-9,16-17H;1-4H/i9D,10D,11D,12D;;1D,2D,3D,4D. The Labute approximate surface area is 298 Å². The number of rotatable bonds is 2. The van der Waals surface area contributed by atoms with Crippen LogP contribution in [-0.4, -0.2) is 17.2 Å². The summed E-state index contributed by atoms with van der Waals surface area (Å²) in [5, 5.41) is 26.7. The van der Waals surface area contributed by atoms with Crippen molar-refractivity contribution in [1.82, 2.24) is 0 Å². The van der Waals surface area contributed by atoms with Crippen LogP contribution in [0.4, 0.5) is 0 Å². The van der Waals surface area contributed by atoms with E-state index in [0.717, 1.165) is 43.1 Å². The Morgan fingerprint density at radius 1 is 0.500 bits per heavy atom. The lowest BCUT2D eigenvalue weighted by Gasteiger charge is -2.11. The Kier molecular flexibility index (Phi) is 7.32. The maximum absolute atomic E-state index is 9.44. The van der Waals surface area contributed by atoms with Crippen LogP contribution in [0.3, 0.4) is 0 Å². The van der Waals surface area contributed by atoms with Gasteiger partial charge >= 0.3 is 7.12 Å². The van der Waals surface area contributed by atoms with E-state index < -0.39 is 7.12 Å². The molecule has 46 heavy (non-hydrogen) atoms. The van der Waals surface area contributed by atoms with Gasteiger partial charge in [0.15, 0.2) is 0 Å². The van der Waals surface area contributed by atoms with Crippen molar-refractivity contribution in [2.75, 3.05) is 0 Å². The molecule has 2 nitrogen and oxygen atoms in total. The first kappa shape index (κ1) is 23.2. The third kappa shape index (κ3) is 7.13. The highest BCUT2D eigenvalue weighted by atomic mass is 79.9. The van der Waals surface area contributed by atoms with E-state index in [9.17, 15) is 10.0 Å². The van der Waals surface area contributed by atoms with Gasteiger partial charge < -0.3 is 10.0 Å². The van der Waals surface area contributed by atoms with Gasteiger partial charge in [-0.2, -0.15) is 0 Å². The summed E-state index contributed by atoms with van der Waals surface area (Å²) in [6, 6.07) is 33.9. The van der Waals surface area contributed by atoms with Crippen molar-refractivity contribution < 1.29 is 21.0 Å². The van der Waals surface area contributed by atoms with Crippen molar-refractivity contribution in [2.45, 2.75) is 0 Å². The molecule has 6 heteroatoms. The highest BCUT2D eigenvalue weighted by Gasteiger charge is 2.16. The molecule has 8 rings (SSSR count). The molecule has 0 spiro atoms. The van der Waals surface area contributed by atoms with Crippen LogP contribution in [0.25, 0.3) is 54.2 Å². The van der Waals surface area contributed by atoms with Gasteiger partial charge in [0.25, 0.3) is 0 Å². The molecule has 224 valence electrons. The lowest BCUT2D eigenvalue weighted by molar-refractivity contribution is 0.426. The predicted octanol–water partition coefficient (Wildman–Crippen LogP) is 11.1. The third-order valence-corrected chi connectivity index (χ3v) is 8.05. The van der Waals surface area contributed by atoms with E-state index in [0.29, 0.717) is 11.0 Å². The lowest BCUT2D eigenvalue weighted by Crippen LogP contribution is -2.30. The third-order valence-electron chi connectivity index (χ3n) is 7.27.